The average Bonchev–Trinajstić information content (AvgIpc) is 3.31. The maximum atomic E-state index is 12.7. The number of fused-ring (bicyclic) bond motifs is 1. The molecule has 27 heavy (non-hydrogen) atoms. The molecule has 0 saturated carbocycles. The molecule has 1 fully saturated rings. The summed E-state index contributed by atoms with van der Waals surface area (Å²) in [6.45, 7) is 1.28. The number of carboxylic acid groups (broad SMARTS) is 1. The van der Waals surface area contributed by atoms with E-state index in [0.29, 0.717) is 38.4 Å². The Balaban J connectivity index is 1.54. The van der Waals surface area contributed by atoms with Crippen molar-refractivity contribution in [3.63, 3.8) is 0 Å². The highest BCUT2D eigenvalue weighted by molar-refractivity contribution is 7.07. The number of rotatable bonds is 4. The lowest BCUT2D eigenvalue weighted by Gasteiger charge is -2.29. The molecular weight excluding hydrogens is 366 g/mol. The van der Waals surface area contributed by atoms with E-state index in [1.165, 1.54) is 16.2 Å². The molecule has 0 aliphatic carbocycles. The van der Waals surface area contributed by atoms with Crippen molar-refractivity contribution < 1.29 is 14.7 Å². The molecule has 2 aromatic heterocycles. The van der Waals surface area contributed by atoms with Gasteiger partial charge in [-0.15, -0.1) is 11.3 Å². The van der Waals surface area contributed by atoms with Crippen molar-refractivity contribution in [1.82, 2.24) is 19.4 Å². The molecule has 0 spiro atoms. The fraction of sp³-hybridized carbons (Fsp3) is 0.333. The Bertz CT molecular complexity index is 961. The number of para-hydroxylation sites is 2. The van der Waals surface area contributed by atoms with Gasteiger partial charge < -0.3 is 14.6 Å². The van der Waals surface area contributed by atoms with E-state index >= 15 is 0 Å². The van der Waals surface area contributed by atoms with Crippen LogP contribution in [0.1, 0.15) is 18.5 Å². The fourth-order valence-corrected chi connectivity index (χ4v) is 3.90. The van der Waals surface area contributed by atoms with E-state index in [9.17, 15) is 9.59 Å². The van der Waals surface area contributed by atoms with Crippen LogP contribution in [0.2, 0.25) is 0 Å². The van der Waals surface area contributed by atoms with Gasteiger partial charge in [0.25, 0.3) is 0 Å². The zero-order valence-electron chi connectivity index (χ0n) is 14.5. The van der Waals surface area contributed by atoms with Crippen molar-refractivity contribution >= 4 is 40.3 Å². The molecule has 3 heterocycles. The van der Waals surface area contributed by atoms with Gasteiger partial charge in [-0.2, -0.15) is 0 Å². The second-order valence-electron chi connectivity index (χ2n) is 6.52. The molecule has 2 amide bonds. The Morgan fingerprint density at radius 1 is 1.26 bits per heavy atom. The number of aromatic nitrogens is 3. The monoisotopic (exact) mass is 385 g/mol. The van der Waals surface area contributed by atoms with Crippen LogP contribution in [0.3, 0.4) is 0 Å². The number of hydrogen-bond acceptors (Lipinski definition) is 5. The van der Waals surface area contributed by atoms with Crippen molar-refractivity contribution in [3.05, 3.63) is 40.8 Å². The van der Waals surface area contributed by atoms with Crippen LogP contribution in [0.5, 0.6) is 0 Å². The van der Waals surface area contributed by atoms with Crippen LogP contribution in [-0.4, -0.2) is 49.6 Å². The smallest absolute Gasteiger partial charge is 0.407 e. The summed E-state index contributed by atoms with van der Waals surface area (Å²) in [6, 6.07) is 7.73. The number of piperidine rings is 1. The van der Waals surface area contributed by atoms with E-state index in [2.05, 4.69) is 15.3 Å². The Morgan fingerprint density at radius 3 is 2.74 bits per heavy atom. The van der Waals surface area contributed by atoms with Crippen LogP contribution < -0.4 is 5.32 Å². The maximum absolute atomic E-state index is 12.7. The summed E-state index contributed by atoms with van der Waals surface area (Å²) >= 11 is 1.53. The van der Waals surface area contributed by atoms with Crippen molar-refractivity contribution in [2.24, 2.45) is 5.92 Å². The highest BCUT2D eigenvalue weighted by atomic mass is 32.1. The van der Waals surface area contributed by atoms with Crippen molar-refractivity contribution in [2.75, 3.05) is 18.4 Å². The third kappa shape index (κ3) is 3.63. The Kier molecular flexibility index (Phi) is 4.76. The van der Waals surface area contributed by atoms with E-state index in [4.69, 9.17) is 5.11 Å². The quantitative estimate of drug-likeness (QED) is 0.719. The predicted octanol–water partition coefficient (Wildman–Crippen LogP) is 2.87. The summed E-state index contributed by atoms with van der Waals surface area (Å²) in [5.74, 6) is 0.165. The summed E-state index contributed by atoms with van der Waals surface area (Å²) in [5.41, 5.74) is 4.43. The zero-order chi connectivity index (χ0) is 18.8. The van der Waals surface area contributed by atoms with Gasteiger partial charge >= 0.3 is 6.09 Å². The van der Waals surface area contributed by atoms with Gasteiger partial charge in [-0.25, -0.2) is 14.8 Å². The Hall–Kier alpha value is -2.94. The molecule has 3 aromatic rings. The number of carbonyl (C=O) groups excluding carboxylic acids is 1. The lowest BCUT2D eigenvalue weighted by molar-refractivity contribution is -0.121. The molecule has 1 aliphatic heterocycles. The molecule has 2 N–H and O–H groups in total. The summed E-state index contributed by atoms with van der Waals surface area (Å²) in [4.78, 5) is 34.0. The second kappa shape index (κ2) is 7.36. The van der Waals surface area contributed by atoms with Crippen LogP contribution in [0.4, 0.5) is 10.7 Å². The third-order valence-corrected chi connectivity index (χ3v) is 5.46. The average molecular weight is 385 g/mol. The second-order valence-corrected chi connectivity index (χ2v) is 7.24. The van der Waals surface area contributed by atoms with E-state index in [-0.39, 0.29) is 11.8 Å². The molecule has 4 rings (SSSR count). The molecule has 8 nitrogen and oxygen atoms in total. The third-order valence-electron chi connectivity index (χ3n) is 4.83. The molecule has 1 saturated heterocycles. The lowest BCUT2D eigenvalue weighted by Crippen LogP contribution is -2.40. The van der Waals surface area contributed by atoms with Gasteiger partial charge in [0, 0.05) is 24.4 Å². The fourth-order valence-electron chi connectivity index (χ4n) is 3.35. The van der Waals surface area contributed by atoms with Crippen LogP contribution in [0.15, 0.2) is 35.2 Å². The standard InChI is InChI=1S/C18H19N5O3S/c24-16(12-5-7-22(8-6-12)18(25)26)21-17-20-14-3-1-2-4-15(14)23(17)9-13-10-27-11-19-13/h1-4,10-12H,5-9H2,(H,25,26)(H,20,21,24). The Labute approximate surface area is 159 Å². The number of amides is 2. The van der Waals surface area contributed by atoms with Crippen LogP contribution in [-0.2, 0) is 11.3 Å². The van der Waals surface area contributed by atoms with Crippen LogP contribution >= 0.6 is 11.3 Å². The van der Waals surface area contributed by atoms with Crippen LogP contribution in [0, 0.1) is 5.92 Å². The molecule has 1 aliphatic rings. The minimum atomic E-state index is -0.932. The number of benzene rings is 1. The van der Waals surface area contributed by atoms with Gasteiger partial charge in [-0.05, 0) is 25.0 Å². The number of nitrogens with one attached hydrogen (secondary N) is 1. The van der Waals surface area contributed by atoms with Gasteiger partial charge in [0.15, 0.2) is 0 Å². The summed E-state index contributed by atoms with van der Waals surface area (Å²) < 4.78 is 1.95. The highest BCUT2D eigenvalue weighted by Crippen LogP contribution is 2.24. The van der Waals surface area contributed by atoms with E-state index < -0.39 is 6.09 Å². The molecule has 140 valence electrons. The molecule has 0 atom stereocenters. The highest BCUT2D eigenvalue weighted by Gasteiger charge is 2.28. The lowest BCUT2D eigenvalue weighted by atomic mass is 9.96. The van der Waals surface area contributed by atoms with Gasteiger partial charge in [0.1, 0.15) is 0 Å². The number of hydrogen-bond donors (Lipinski definition) is 2. The van der Waals surface area contributed by atoms with E-state index in [1.807, 2.05) is 34.2 Å². The maximum Gasteiger partial charge on any atom is 0.407 e. The number of likely N-dealkylation sites (tertiary alicyclic amines) is 1. The van der Waals surface area contributed by atoms with Gasteiger partial charge in [-0.1, -0.05) is 12.1 Å². The van der Waals surface area contributed by atoms with Gasteiger partial charge in [0.05, 0.1) is 28.8 Å². The van der Waals surface area contributed by atoms with E-state index in [1.54, 1.807) is 5.51 Å². The topological polar surface area (TPSA) is 100 Å². The summed E-state index contributed by atoms with van der Waals surface area (Å²) in [5, 5.41) is 14.0. The van der Waals surface area contributed by atoms with Gasteiger partial charge in [0.2, 0.25) is 11.9 Å². The zero-order valence-corrected chi connectivity index (χ0v) is 15.4. The largest absolute Gasteiger partial charge is 0.465 e. The number of carbonyl (C=O) groups is 2. The first-order valence-corrected chi connectivity index (χ1v) is 9.67. The molecule has 1 aromatic carbocycles. The van der Waals surface area contributed by atoms with Gasteiger partial charge in [-0.3, -0.25) is 10.1 Å². The first-order chi connectivity index (χ1) is 13.1. The summed E-state index contributed by atoms with van der Waals surface area (Å²) in [6.07, 6.45) is 0.105. The molecule has 0 radical (unpaired) electrons. The predicted molar refractivity (Wildman–Crippen MR) is 102 cm³/mol. The van der Waals surface area contributed by atoms with E-state index in [0.717, 1.165) is 16.7 Å². The minimum Gasteiger partial charge on any atom is -0.465 e. The number of imidazole rings is 1. The summed E-state index contributed by atoms with van der Waals surface area (Å²) in [7, 11) is 0. The molecular formula is C18H19N5O3S. The number of anilines is 1. The minimum absolute atomic E-state index is 0.116. The normalized spacial score (nSPS) is 15.2. The first-order valence-electron chi connectivity index (χ1n) is 8.73. The SMILES string of the molecule is O=C(Nc1nc2ccccc2n1Cc1cscn1)C1CCN(C(=O)O)CC1. The molecule has 0 bridgehead atoms. The number of thiazole rings is 1. The number of nitrogens with zero attached hydrogens (tertiary/aromatic N) is 4. The van der Waals surface area contributed by atoms with Crippen molar-refractivity contribution in [1.29, 1.82) is 0 Å². The van der Waals surface area contributed by atoms with Crippen molar-refractivity contribution in [2.45, 2.75) is 19.4 Å². The van der Waals surface area contributed by atoms with Crippen LogP contribution in [0.25, 0.3) is 11.0 Å². The van der Waals surface area contributed by atoms with Crippen molar-refractivity contribution in [3.8, 4) is 0 Å². The molecule has 0 unspecified atom stereocenters. The Morgan fingerprint density at radius 2 is 2.04 bits per heavy atom. The molecule has 9 heteroatoms. The first kappa shape index (κ1) is 17.5.